The molecule has 1 heterocycles. The van der Waals surface area contributed by atoms with E-state index in [9.17, 15) is 4.79 Å². The lowest BCUT2D eigenvalue weighted by atomic mass is 9.84. The lowest BCUT2D eigenvalue weighted by molar-refractivity contribution is 0.0780. The monoisotopic (exact) mass is 217 g/mol. The van der Waals surface area contributed by atoms with Crippen LogP contribution < -0.4 is 0 Å². The summed E-state index contributed by atoms with van der Waals surface area (Å²) in [5.41, 5.74) is 3.41. The molecule has 0 unspecified atom stereocenters. The molecule has 1 amide bonds. The van der Waals surface area contributed by atoms with Gasteiger partial charge in [0.05, 0.1) is 0 Å². The maximum absolute atomic E-state index is 12.0. The summed E-state index contributed by atoms with van der Waals surface area (Å²) in [5.74, 6) is 0.160. The second-order valence-electron chi connectivity index (χ2n) is 5.60. The normalized spacial score (nSPS) is 16.2. The molecule has 1 aromatic carbocycles. The van der Waals surface area contributed by atoms with Gasteiger partial charge in [0.2, 0.25) is 0 Å². The van der Waals surface area contributed by atoms with Gasteiger partial charge in [0.1, 0.15) is 0 Å². The molecule has 0 saturated carbocycles. The molecule has 0 N–H and O–H groups in total. The molecule has 1 aliphatic heterocycles. The van der Waals surface area contributed by atoms with E-state index < -0.39 is 0 Å². The summed E-state index contributed by atoms with van der Waals surface area (Å²) in [6.07, 6.45) is 0.974. The molecule has 0 atom stereocenters. The number of nitrogens with zero attached hydrogens (tertiary/aromatic N) is 1. The SMILES string of the molecule is CN1CCc2ccc(C(C)(C)C)cc2C1=O. The van der Waals surface area contributed by atoms with E-state index in [4.69, 9.17) is 0 Å². The molecule has 1 aromatic rings. The fraction of sp³-hybridized carbons (Fsp3) is 0.500. The van der Waals surface area contributed by atoms with Crippen LogP contribution in [0.25, 0.3) is 0 Å². The van der Waals surface area contributed by atoms with Gasteiger partial charge in [0, 0.05) is 19.2 Å². The van der Waals surface area contributed by atoms with Crippen molar-refractivity contribution in [2.75, 3.05) is 13.6 Å². The van der Waals surface area contributed by atoms with Crippen molar-refractivity contribution < 1.29 is 4.79 Å². The van der Waals surface area contributed by atoms with Crippen LogP contribution in [-0.2, 0) is 11.8 Å². The van der Waals surface area contributed by atoms with Crippen LogP contribution >= 0.6 is 0 Å². The summed E-state index contributed by atoms with van der Waals surface area (Å²) in [6, 6.07) is 6.32. The Morgan fingerprint density at radius 1 is 1.25 bits per heavy atom. The van der Waals surface area contributed by atoms with Crippen LogP contribution in [0.15, 0.2) is 18.2 Å². The van der Waals surface area contributed by atoms with Gasteiger partial charge >= 0.3 is 0 Å². The Morgan fingerprint density at radius 2 is 1.94 bits per heavy atom. The van der Waals surface area contributed by atoms with E-state index in [-0.39, 0.29) is 11.3 Å². The van der Waals surface area contributed by atoms with Gasteiger partial charge in [-0.3, -0.25) is 4.79 Å². The van der Waals surface area contributed by atoms with E-state index in [2.05, 4.69) is 39.0 Å². The lowest BCUT2D eigenvalue weighted by Crippen LogP contribution is -2.34. The van der Waals surface area contributed by atoms with Crippen LogP contribution in [0.2, 0.25) is 0 Å². The van der Waals surface area contributed by atoms with Crippen LogP contribution in [0.3, 0.4) is 0 Å². The summed E-state index contributed by atoms with van der Waals surface area (Å²) < 4.78 is 0. The Kier molecular flexibility index (Phi) is 2.53. The molecule has 16 heavy (non-hydrogen) atoms. The first kappa shape index (κ1) is 11.2. The van der Waals surface area contributed by atoms with Crippen LogP contribution in [-0.4, -0.2) is 24.4 Å². The standard InChI is InChI=1S/C14H19NO/c1-14(2,3)11-6-5-10-7-8-15(4)13(16)12(10)9-11/h5-6,9H,7-8H2,1-4H3. The highest BCUT2D eigenvalue weighted by molar-refractivity contribution is 5.96. The number of hydrogen-bond donors (Lipinski definition) is 0. The first-order valence-electron chi connectivity index (χ1n) is 5.78. The predicted octanol–water partition coefficient (Wildman–Crippen LogP) is 2.61. The van der Waals surface area contributed by atoms with Crippen LogP contribution in [0.1, 0.15) is 42.3 Å². The molecule has 0 radical (unpaired) electrons. The number of rotatable bonds is 0. The summed E-state index contributed by atoms with van der Waals surface area (Å²) in [7, 11) is 1.87. The molecule has 0 spiro atoms. The van der Waals surface area contributed by atoms with Crippen molar-refractivity contribution in [2.45, 2.75) is 32.6 Å². The minimum absolute atomic E-state index is 0.103. The van der Waals surface area contributed by atoms with E-state index in [1.165, 1.54) is 11.1 Å². The molecule has 2 heteroatoms. The van der Waals surface area contributed by atoms with Gasteiger partial charge < -0.3 is 4.90 Å². The highest BCUT2D eigenvalue weighted by atomic mass is 16.2. The zero-order valence-corrected chi connectivity index (χ0v) is 10.5. The topological polar surface area (TPSA) is 20.3 Å². The van der Waals surface area contributed by atoms with Gasteiger partial charge in [-0.25, -0.2) is 0 Å². The van der Waals surface area contributed by atoms with Crippen molar-refractivity contribution in [3.8, 4) is 0 Å². The molecule has 0 aliphatic carbocycles. The van der Waals surface area contributed by atoms with Gasteiger partial charge in [0.15, 0.2) is 0 Å². The van der Waals surface area contributed by atoms with E-state index in [1.807, 2.05) is 7.05 Å². The van der Waals surface area contributed by atoms with E-state index in [0.717, 1.165) is 18.5 Å². The molecule has 2 rings (SSSR count). The molecule has 0 fully saturated rings. The zero-order valence-electron chi connectivity index (χ0n) is 10.5. The molecule has 0 saturated heterocycles. The molecule has 86 valence electrons. The lowest BCUT2D eigenvalue weighted by Gasteiger charge is -2.27. The maximum atomic E-state index is 12.0. The van der Waals surface area contributed by atoms with E-state index in [1.54, 1.807) is 4.90 Å². The van der Waals surface area contributed by atoms with Crippen molar-refractivity contribution in [1.82, 2.24) is 4.90 Å². The zero-order chi connectivity index (χ0) is 11.9. The summed E-state index contributed by atoms with van der Waals surface area (Å²) in [4.78, 5) is 13.8. The van der Waals surface area contributed by atoms with Gasteiger partial charge in [-0.05, 0) is 29.0 Å². The smallest absolute Gasteiger partial charge is 0.253 e. The third-order valence-electron chi connectivity index (χ3n) is 3.27. The molecular formula is C14H19NO. The first-order chi connectivity index (χ1) is 7.39. The third kappa shape index (κ3) is 1.84. The Balaban J connectivity index is 2.49. The Bertz CT molecular complexity index is 429. The third-order valence-corrected chi connectivity index (χ3v) is 3.27. The quantitative estimate of drug-likeness (QED) is 0.654. The average Bonchev–Trinajstić information content (AvgIpc) is 2.22. The maximum Gasteiger partial charge on any atom is 0.253 e. The summed E-state index contributed by atoms with van der Waals surface area (Å²) in [5, 5.41) is 0. The highest BCUT2D eigenvalue weighted by Crippen LogP contribution is 2.27. The van der Waals surface area contributed by atoms with Gasteiger partial charge in [-0.2, -0.15) is 0 Å². The van der Waals surface area contributed by atoms with Gasteiger partial charge in [-0.15, -0.1) is 0 Å². The second kappa shape index (κ2) is 3.62. The van der Waals surface area contributed by atoms with Crippen molar-refractivity contribution in [1.29, 1.82) is 0 Å². The predicted molar refractivity (Wildman–Crippen MR) is 65.8 cm³/mol. The Hall–Kier alpha value is -1.31. The first-order valence-corrected chi connectivity index (χ1v) is 5.78. The van der Waals surface area contributed by atoms with Crippen molar-refractivity contribution in [2.24, 2.45) is 0 Å². The number of fused-ring (bicyclic) bond motifs is 1. The Morgan fingerprint density at radius 3 is 2.56 bits per heavy atom. The molecule has 0 aromatic heterocycles. The fourth-order valence-electron chi connectivity index (χ4n) is 2.06. The van der Waals surface area contributed by atoms with Gasteiger partial charge in [0.25, 0.3) is 5.91 Å². The summed E-state index contributed by atoms with van der Waals surface area (Å²) in [6.45, 7) is 7.35. The average molecular weight is 217 g/mol. The van der Waals surface area contributed by atoms with Crippen LogP contribution in [0.4, 0.5) is 0 Å². The minimum atomic E-state index is 0.103. The molecule has 1 aliphatic rings. The fourth-order valence-corrected chi connectivity index (χ4v) is 2.06. The molecule has 0 bridgehead atoms. The number of likely N-dealkylation sites (N-methyl/N-ethyl adjacent to an activating group) is 1. The number of amides is 1. The largest absolute Gasteiger partial charge is 0.341 e. The van der Waals surface area contributed by atoms with Crippen molar-refractivity contribution in [3.63, 3.8) is 0 Å². The number of carbonyl (C=O) groups is 1. The summed E-state index contributed by atoms with van der Waals surface area (Å²) >= 11 is 0. The number of benzene rings is 1. The number of carbonyl (C=O) groups excluding carboxylic acids is 1. The van der Waals surface area contributed by atoms with Gasteiger partial charge in [-0.1, -0.05) is 32.9 Å². The second-order valence-corrected chi connectivity index (χ2v) is 5.60. The van der Waals surface area contributed by atoms with Crippen LogP contribution in [0.5, 0.6) is 0 Å². The number of hydrogen-bond acceptors (Lipinski definition) is 1. The van der Waals surface area contributed by atoms with Crippen molar-refractivity contribution >= 4 is 5.91 Å². The van der Waals surface area contributed by atoms with E-state index >= 15 is 0 Å². The Labute approximate surface area is 97.3 Å². The minimum Gasteiger partial charge on any atom is -0.341 e. The van der Waals surface area contributed by atoms with Crippen LogP contribution in [0, 0.1) is 0 Å². The highest BCUT2D eigenvalue weighted by Gasteiger charge is 2.23. The molecular weight excluding hydrogens is 198 g/mol. The van der Waals surface area contributed by atoms with Crippen molar-refractivity contribution in [3.05, 3.63) is 34.9 Å². The van der Waals surface area contributed by atoms with E-state index in [0.29, 0.717) is 0 Å². The molecule has 2 nitrogen and oxygen atoms in total.